The maximum atomic E-state index is 13.0. The van der Waals surface area contributed by atoms with Crippen LogP contribution in [0, 0.1) is 0 Å². The molecule has 1 aliphatic rings. The summed E-state index contributed by atoms with van der Waals surface area (Å²) in [6, 6.07) is 15.6. The predicted octanol–water partition coefficient (Wildman–Crippen LogP) is 3.87. The number of rotatable bonds is 4. The smallest absolute Gasteiger partial charge is 0.174 e. The van der Waals surface area contributed by atoms with Crippen molar-refractivity contribution in [1.82, 2.24) is 0 Å². The van der Waals surface area contributed by atoms with Gasteiger partial charge in [-0.25, -0.2) is 0 Å². The number of Topliss-reactive ketones (excluding diaryl/α,β-unsaturated/α-hetero) is 1. The lowest BCUT2D eigenvalue weighted by Crippen LogP contribution is -2.23. The summed E-state index contributed by atoms with van der Waals surface area (Å²) in [4.78, 5) is 13.0. The van der Waals surface area contributed by atoms with E-state index in [0.717, 1.165) is 24.2 Å². The molecule has 3 nitrogen and oxygen atoms in total. The van der Waals surface area contributed by atoms with E-state index in [9.17, 15) is 4.79 Å². The Labute approximate surface area is 124 Å². The van der Waals surface area contributed by atoms with E-state index in [1.165, 1.54) is 0 Å². The molecule has 3 heteroatoms. The van der Waals surface area contributed by atoms with Gasteiger partial charge in [0.25, 0.3) is 0 Å². The van der Waals surface area contributed by atoms with Crippen LogP contribution in [0.5, 0.6) is 5.75 Å². The fourth-order valence-electron chi connectivity index (χ4n) is 2.88. The molecule has 108 valence electrons. The lowest BCUT2D eigenvalue weighted by molar-refractivity contribution is 0.0951. The second-order valence-corrected chi connectivity index (χ2v) is 5.15. The Morgan fingerprint density at radius 1 is 1.19 bits per heavy atom. The van der Waals surface area contributed by atoms with Crippen molar-refractivity contribution in [3.8, 4) is 5.75 Å². The van der Waals surface area contributed by atoms with Crippen LogP contribution < -0.4 is 10.1 Å². The van der Waals surface area contributed by atoms with Gasteiger partial charge in [0.15, 0.2) is 5.78 Å². The average Bonchev–Trinajstić information content (AvgIpc) is 2.54. The van der Waals surface area contributed by atoms with E-state index in [0.29, 0.717) is 17.9 Å². The molecule has 3 rings (SSSR count). The maximum absolute atomic E-state index is 13.0. The second-order valence-electron chi connectivity index (χ2n) is 5.15. The molecule has 1 heterocycles. The lowest BCUT2D eigenvalue weighted by Gasteiger charge is -2.26. The first kappa shape index (κ1) is 13.7. The third kappa shape index (κ3) is 2.64. The van der Waals surface area contributed by atoms with Crippen LogP contribution in [0.4, 0.5) is 5.69 Å². The highest BCUT2D eigenvalue weighted by atomic mass is 16.5. The number of fused-ring (bicyclic) bond motifs is 1. The van der Waals surface area contributed by atoms with Crippen LogP contribution in [0.15, 0.2) is 48.5 Å². The molecule has 2 aromatic rings. The first-order chi connectivity index (χ1) is 10.3. The monoisotopic (exact) mass is 281 g/mol. The van der Waals surface area contributed by atoms with Gasteiger partial charge in [-0.2, -0.15) is 0 Å². The van der Waals surface area contributed by atoms with Crippen molar-refractivity contribution in [2.75, 3.05) is 18.5 Å². The standard InChI is InChI=1S/C18H19NO2/c1-2-21-17-10-6-4-8-15(17)18(20)14-11-12-19-16-9-5-3-7-13(14)16/h3-10,14,19H,2,11-12H2,1H3. The Morgan fingerprint density at radius 3 is 2.81 bits per heavy atom. The van der Waals surface area contributed by atoms with Gasteiger partial charge < -0.3 is 10.1 Å². The zero-order chi connectivity index (χ0) is 14.7. The molecule has 0 radical (unpaired) electrons. The predicted molar refractivity (Wildman–Crippen MR) is 84.2 cm³/mol. The summed E-state index contributed by atoms with van der Waals surface area (Å²) in [5.41, 5.74) is 2.83. The molecular formula is C18H19NO2. The summed E-state index contributed by atoms with van der Waals surface area (Å²) in [5, 5.41) is 3.36. The van der Waals surface area contributed by atoms with Crippen molar-refractivity contribution in [2.45, 2.75) is 19.3 Å². The molecule has 1 N–H and O–H groups in total. The van der Waals surface area contributed by atoms with Crippen LogP contribution in [0.1, 0.15) is 35.2 Å². The van der Waals surface area contributed by atoms with Crippen molar-refractivity contribution in [2.24, 2.45) is 0 Å². The number of nitrogens with one attached hydrogen (secondary N) is 1. The molecule has 0 aromatic heterocycles. The minimum atomic E-state index is -0.0935. The van der Waals surface area contributed by atoms with Gasteiger partial charge >= 0.3 is 0 Å². The highest BCUT2D eigenvalue weighted by molar-refractivity contribution is 6.04. The molecule has 2 aromatic carbocycles. The van der Waals surface area contributed by atoms with Gasteiger partial charge in [0.2, 0.25) is 0 Å². The highest BCUT2D eigenvalue weighted by Gasteiger charge is 2.28. The highest BCUT2D eigenvalue weighted by Crippen LogP contribution is 2.35. The number of para-hydroxylation sites is 2. The molecule has 1 atom stereocenters. The Bertz CT molecular complexity index is 651. The van der Waals surface area contributed by atoms with E-state index < -0.39 is 0 Å². The van der Waals surface area contributed by atoms with Crippen LogP contribution in [0.2, 0.25) is 0 Å². The normalized spacial score (nSPS) is 16.7. The fraction of sp³-hybridized carbons (Fsp3) is 0.278. The topological polar surface area (TPSA) is 38.3 Å². The van der Waals surface area contributed by atoms with Crippen LogP contribution in [-0.4, -0.2) is 18.9 Å². The van der Waals surface area contributed by atoms with E-state index in [4.69, 9.17) is 4.74 Å². The zero-order valence-electron chi connectivity index (χ0n) is 12.1. The van der Waals surface area contributed by atoms with Crippen molar-refractivity contribution < 1.29 is 9.53 Å². The van der Waals surface area contributed by atoms with Crippen LogP contribution in [0.3, 0.4) is 0 Å². The largest absolute Gasteiger partial charge is 0.493 e. The number of ether oxygens (including phenoxy) is 1. The van der Waals surface area contributed by atoms with Crippen LogP contribution in [-0.2, 0) is 0 Å². The van der Waals surface area contributed by atoms with Gasteiger partial charge in [-0.05, 0) is 37.1 Å². The minimum absolute atomic E-state index is 0.0935. The summed E-state index contributed by atoms with van der Waals surface area (Å²) >= 11 is 0. The zero-order valence-corrected chi connectivity index (χ0v) is 12.1. The second kappa shape index (κ2) is 6.00. The van der Waals surface area contributed by atoms with Gasteiger partial charge in [-0.3, -0.25) is 4.79 Å². The number of hydrogen-bond acceptors (Lipinski definition) is 3. The van der Waals surface area contributed by atoms with Gasteiger partial charge in [-0.15, -0.1) is 0 Å². The number of benzene rings is 2. The van der Waals surface area contributed by atoms with Crippen molar-refractivity contribution >= 4 is 11.5 Å². The van der Waals surface area contributed by atoms with Gasteiger partial charge in [0.1, 0.15) is 5.75 Å². The summed E-state index contributed by atoms with van der Waals surface area (Å²) < 4.78 is 5.60. The number of ketones is 1. The molecule has 0 amide bonds. The average molecular weight is 281 g/mol. The summed E-state index contributed by atoms with van der Waals surface area (Å²) in [7, 11) is 0. The molecule has 1 unspecified atom stereocenters. The Morgan fingerprint density at radius 2 is 1.95 bits per heavy atom. The Hall–Kier alpha value is -2.29. The van der Waals surface area contributed by atoms with E-state index in [1.807, 2.05) is 55.5 Å². The minimum Gasteiger partial charge on any atom is -0.493 e. The number of carbonyl (C=O) groups excluding carboxylic acids is 1. The van der Waals surface area contributed by atoms with E-state index in [2.05, 4.69) is 5.32 Å². The first-order valence-corrected chi connectivity index (χ1v) is 7.40. The van der Waals surface area contributed by atoms with E-state index in [1.54, 1.807) is 0 Å². The van der Waals surface area contributed by atoms with E-state index >= 15 is 0 Å². The Kier molecular flexibility index (Phi) is 3.91. The Balaban J connectivity index is 1.97. The molecule has 1 aliphatic heterocycles. The third-order valence-corrected chi connectivity index (χ3v) is 3.85. The molecule has 0 fully saturated rings. The molecule has 21 heavy (non-hydrogen) atoms. The quantitative estimate of drug-likeness (QED) is 0.865. The summed E-state index contributed by atoms with van der Waals surface area (Å²) in [6.07, 6.45) is 0.816. The number of carbonyl (C=O) groups is 1. The van der Waals surface area contributed by atoms with Crippen LogP contribution in [0.25, 0.3) is 0 Å². The molecule has 0 saturated carbocycles. The number of anilines is 1. The van der Waals surface area contributed by atoms with Crippen molar-refractivity contribution in [1.29, 1.82) is 0 Å². The van der Waals surface area contributed by atoms with E-state index in [-0.39, 0.29) is 11.7 Å². The fourth-order valence-corrected chi connectivity index (χ4v) is 2.88. The molecule has 0 bridgehead atoms. The molecule has 0 spiro atoms. The first-order valence-electron chi connectivity index (χ1n) is 7.40. The summed E-state index contributed by atoms with van der Waals surface area (Å²) in [5.74, 6) is 0.734. The number of hydrogen-bond donors (Lipinski definition) is 1. The summed E-state index contributed by atoms with van der Waals surface area (Å²) in [6.45, 7) is 3.32. The van der Waals surface area contributed by atoms with Gasteiger partial charge in [-0.1, -0.05) is 30.3 Å². The maximum Gasteiger partial charge on any atom is 0.174 e. The molecule has 0 aliphatic carbocycles. The third-order valence-electron chi connectivity index (χ3n) is 3.85. The van der Waals surface area contributed by atoms with Crippen molar-refractivity contribution in [3.05, 3.63) is 59.7 Å². The SMILES string of the molecule is CCOc1ccccc1C(=O)C1CCNc2ccccc21. The lowest BCUT2D eigenvalue weighted by atomic mass is 9.84. The van der Waals surface area contributed by atoms with Crippen LogP contribution >= 0.6 is 0 Å². The van der Waals surface area contributed by atoms with Crippen molar-refractivity contribution in [3.63, 3.8) is 0 Å². The van der Waals surface area contributed by atoms with Gasteiger partial charge in [0, 0.05) is 12.2 Å². The molecular weight excluding hydrogens is 262 g/mol. The molecule has 0 saturated heterocycles. The van der Waals surface area contributed by atoms with Gasteiger partial charge in [0.05, 0.1) is 18.1 Å².